The minimum absolute atomic E-state index is 0.0765. The fraction of sp³-hybridized carbons (Fsp3) is 0.474. The van der Waals surface area contributed by atoms with E-state index in [1.807, 2.05) is 13.8 Å². The highest BCUT2D eigenvalue weighted by atomic mass is 19.4. The van der Waals surface area contributed by atoms with E-state index < -0.39 is 35.3 Å². The van der Waals surface area contributed by atoms with Gasteiger partial charge in [0.25, 0.3) is 0 Å². The van der Waals surface area contributed by atoms with Crippen molar-refractivity contribution in [2.24, 2.45) is 5.92 Å². The lowest BCUT2D eigenvalue weighted by Gasteiger charge is -2.27. The molecule has 0 bridgehead atoms. The van der Waals surface area contributed by atoms with Gasteiger partial charge in [0, 0.05) is 6.04 Å². The Morgan fingerprint density at radius 3 is 2.07 bits per heavy atom. The fourth-order valence-electron chi connectivity index (χ4n) is 1.98. The maximum atomic E-state index is 12.7. The molecule has 1 aromatic carbocycles. The second-order valence-corrected chi connectivity index (χ2v) is 6.85. The zero-order valence-electron chi connectivity index (χ0n) is 16.9. The van der Waals surface area contributed by atoms with Crippen LogP contribution in [0.2, 0.25) is 0 Å². The van der Waals surface area contributed by atoms with E-state index in [0.717, 1.165) is 12.1 Å². The quantitative estimate of drug-likeness (QED) is 0.508. The summed E-state index contributed by atoms with van der Waals surface area (Å²) in [6.45, 7) is 6.85. The number of nitrogens with zero attached hydrogens (tertiary/aromatic N) is 1. The molecule has 1 rings (SSSR count). The maximum absolute atomic E-state index is 12.7. The van der Waals surface area contributed by atoms with Gasteiger partial charge in [-0.1, -0.05) is 26.0 Å². The highest BCUT2D eigenvalue weighted by molar-refractivity contribution is 6.27. The van der Waals surface area contributed by atoms with E-state index in [1.165, 1.54) is 6.07 Å². The second-order valence-electron chi connectivity index (χ2n) is 6.85. The predicted molar refractivity (Wildman–Crippen MR) is 100 cm³/mol. The Morgan fingerprint density at radius 1 is 1.13 bits per heavy atom. The number of carbonyl (C=O) groups excluding carboxylic acids is 1. The van der Waals surface area contributed by atoms with Crippen LogP contribution in [0.3, 0.4) is 0 Å². The first-order valence-electron chi connectivity index (χ1n) is 8.73. The van der Waals surface area contributed by atoms with Gasteiger partial charge in [-0.05, 0) is 37.5 Å². The summed E-state index contributed by atoms with van der Waals surface area (Å²) in [7, 11) is 0. The van der Waals surface area contributed by atoms with E-state index in [4.69, 9.17) is 19.8 Å². The minimum atomic E-state index is -4.40. The third-order valence-electron chi connectivity index (χ3n) is 4.25. The summed E-state index contributed by atoms with van der Waals surface area (Å²) in [5, 5.41) is 29.5. The molecule has 4 N–H and O–H groups in total. The Balaban J connectivity index is 0.00000122. The molecule has 30 heavy (non-hydrogen) atoms. The van der Waals surface area contributed by atoms with E-state index in [2.05, 4.69) is 16.7 Å². The molecular weight excluding hydrogens is 407 g/mol. The molecule has 2 atom stereocenters. The molecule has 0 saturated carbocycles. The van der Waals surface area contributed by atoms with E-state index >= 15 is 0 Å². The molecule has 8 nitrogen and oxygen atoms in total. The van der Waals surface area contributed by atoms with E-state index in [0.29, 0.717) is 5.56 Å². The topological polar surface area (TPSA) is 140 Å². The van der Waals surface area contributed by atoms with Crippen molar-refractivity contribution in [1.82, 2.24) is 10.6 Å². The van der Waals surface area contributed by atoms with Gasteiger partial charge in [-0.25, -0.2) is 9.59 Å². The van der Waals surface area contributed by atoms with E-state index in [9.17, 15) is 23.2 Å². The van der Waals surface area contributed by atoms with Gasteiger partial charge in [-0.15, -0.1) is 0 Å². The van der Waals surface area contributed by atoms with Crippen LogP contribution in [0, 0.1) is 17.2 Å². The fourth-order valence-corrected chi connectivity index (χ4v) is 1.98. The lowest BCUT2D eigenvalue weighted by Crippen LogP contribution is -2.51. The number of carbonyl (C=O) groups is 3. The number of aliphatic carboxylic acids is 2. The Labute approximate surface area is 171 Å². The number of benzene rings is 1. The summed E-state index contributed by atoms with van der Waals surface area (Å²) in [4.78, 5) is 30.2. The first-order chi connectivity index (χ1) is 13.6. The summed E-state index contributed by atoms with van der Waals surface area (Å²) in [6, 6.07) is 6.59. The zero-order chi connectivity index (χ0) is 23.7. The van der Waals surface area contributed by atoms with Crippen molar-refractivity contribution >= 4 is 17.8 Å². The van der Waals surface area contributed by atoms with Gasteiger partial charge < -0.3 is 20.8 Å². The number of carboxylic acids is 2. The summed E-state index contributed by atoms with van der Waals surface area (Å²) in [5.74, 6) is -4.11. The molecule has 0 saturated heterocycles. The summed E-state index contributed by atoms with van der Waals surface area (Å²) in [6.07, 6.45) is -4.40. The lowest BCUT2D eigenvalue weighted by molar-refractivity contribution is -0.159. The van der Waals surface area contributed by atoms with E-state index in [-0.39, 0.29) is 18.4 Å². The molecule has 0 radical (unpaired) electrons. The molecule has 166 valence electrons. The predicted octanol–water partition coefficient (Wildman–Crippen LogP) is 2.57. The number of rotatable bonds is 6. The molecule has 0 aliphatic rings. The molecule has 1 aromatic rings. The average molecular weight is 431 g/mol. The molecular formula is C19H24F3N3O5. The van der Waals surface area contributed by atoms with Crippen LogP contribution in [-0.2, 0) is 20.6 Å². The van der Waals surface area contributed by atoms with Gasteiger partial charge in [0.1, 0.15) is 5.54 Å². The van der Waals surface area contributed by atoms with Gasteiger partial charge in [-0.2, -0.15) is 18.4 Å². The van der Waals surface area contributed by atoms with Crippen LogP contribution in [0.5, 0.6) is 0 Å². The number of hydrogen-bond donors (Lipinski definition) is 4. The van der Waals surface area contributed by atoms with Gasteiger partial charge in [0.2, 0.25) is 5.91 Å². The van der Waals surface area contributed by atoms with Crippen LogP contribution in [0.1, 0.15) is 44.9 Å². The Bertz CT molecular complexity index is 793. The Hall–Kier alpha value is -3.13. The van der Waals surface area contributed by atoms with Gasteiger partial charge >= 0.3 is 18.1 Å². The summed E-state index contributed by atoms with van der Waals surface area (Å²) in [5.41, 5.74) is -1.28. The molecule has 0 heterocycles. The highest BCUT2D eigenvalue weighted by Gasteiger charge is 2.31. The van der Waals surface area contributed by atoms with Crippen LogP contribution in [0.4, 0.5) is 13.2 Å². The lowest BCUT2D eigenvalue weighted by atomic mass is 9.90. The second kappa shape index (κ2) is 11.2. The molecule has 0 aliphatic heterocycles. The minimum Gasteiger partial charge on any atom is -0.473 e. The van der Waals surface area contributed by atoms with Crippen molar-refractivity contribution in [3.05, 3.63) is 35.4 Å². The van der Waals surface area contributed by atoms with Crippen molar-refractivity contribution in [3.8, 4) is 6.07 Å². The molecule has 0 spiro atoms. The first kappa shape index (κ1) is 26.9. The SMILES string of the molecule is CC(NCC(=O)NC(C)(C#N)C(C)C)c1cccc(C(F)(F)F)c1.O=C(O)C(=O)O. The number of carboxylic acid groups (broad SMARTS) is 2. The standard InChI is InChI=1S/C17H22F3N3O.C2H2O4/c1-11(2)16(4,10-21)23-15(24)9-22-12(3)13-6-5-7-14(8-13)17(18,19)20;3-1(4)2(5)6/h5-8,11-12,22H,9H2,1-4H3,(H,23,24);(H,3,4)(H,5,6). The molecule has 0 aromatic heterocycles. The molecule has 1 amide bonds. The number of alkyl halides is 3. The van der Waals surface area contributed by atoms with Crippen LogP contribution in [0.25, 0.3) is 0 Å². The van der Waals surface area contributed by atoms with Crippen LogP contribution in [0.15, 0.2) is 24.3 Å². The largest absolute Gasteiger partial charge is 0.473 e. The van der Waals surface area contributed by atoms with Crippen molar-refractivity contribution in [2.45, 2.75) is 45.5 Å². The number of hydrogen-bond acceptors (Lipinski definition) is 5. The van der Waals surface area contributed by atoms with Crippen molar-refractivity contribution in [3.63, 3.8) is 0 Å². The van der Waals surface area contributed by atoms with Crippen molar-refractivity contribution in [1.29, 1.82) is 5.26 Å². The molecule has 0 aliphatic carbocycles. The normalized spacial score (nSPS) is 13.8. The van der Waals surface area contributed by atoms with Gasteiger partial charge in [0.05, 0.1) is 18.2 Å². The maximum Gasteiger partial charge on any atom is 0.416 e. The zero-order valence-corrected chi connectivity index (χ0v) is 16.9. The van der Waals surface area contributed by atoms with Gasteiger partial charge in [0.15, 0.2) is 0 Å². The summed E-state index contributed by atoms with van der Waals surface area (Å²) >= 11 is 0. The third-order valence-corrected chi connectivity index (χ3v) is 4.25. The van der Waals surface area contributed by atoms with E-state index in [1.54, 1.807) is 19.9 Å². The Morgan fingerprint density at radius 2 is 1.67 bits per heavy atom. The van der Waals surface area contributed by atoms with Crippen LogP contribution in [-0.4, -0.2) is 40.1 Å². The van der Waals surface area contributed by atoms with Crippen molar-refractivity contribution < 1.29 is 37.8 Å². The molecule has 2 unspecified atom stereocenters. The number of nitrogens with one attached hydrogen (secondary N) is 2. The third kappa shape index (κ3) is 8.91. The average Bonchev–Trinajstić information content (AvgIpc) is 2.65. The van der Waals surface area contributed by atoms with Crippen LogP contribution < -0.4 is 10.6 Å². The molecule has 11 heteroatoms. The van der Waals surface area contributed by atoms with Crippen molar-refractivity contribution in [2.75, 3.05) is 6.54 Å². The highest BCUT2D eigenvalue weighted by Crippen LogP contribution is 2.30. The smallest absolute Gasteiger partial charge is 0.416 e. The number of nitriles is 1. The summed E-state index contributed by atoms with van der Waals surface area (Å²) < 4.78 is 38.2. The van der Waals surface area contributed by atoms with Crippen LogP contribution >= 0.6 is 0 Å². The monoisotopic (exact) mass is 431 g/mol. The molecule has 0 fully saturated rings. The number of halogens is 3. The first-order valence-corrected chi connectivity index (χ1v) is 8.73. The Kier molecular flexibility index (Phi) is 9.99. The number of amides is 1. The van der Waals surface area contributed by atoms with Gasteiger partial charge in [-0.3, -0.25) is 4.79 Å².